The molecule has 0 unspecified atom stereocenters. The average molecular weight is 338 g/mol. The summed E-state index contributed by atoms with van der Waals surface area (Å²) in [6.45, 7) is 0.428. The van der Waals surface area contributed by atoms with Gasteiger partial charge in [-0.1, -0.05) is 6.42 Å². The van der Waals surface area contributed by atoms with Crippen LogP contribution in [-0.2, 0) is 9.05 Å². The monoisotopic (exact) mass is 337 g/mol. The van der Waals surface area contributed by atoms with Crippen LogP contribution in [0.2, 0.25) is 0 Å². The molecular formula is C13H14ClF2NO3S. The summed E-state index contributed by atoms with van der Waals surface area (Å²) in [5, 5.41) is 0. The van der Waals surface area contributed by atoms with Crippen LogP contribution in [0.15, 0.2) is 17.0 Å². The summed E-state index contributed by atoms with van der Waals surface area (Å²) in [5.74, 6) is -2.76. The van der Waals surface area contributed by atoms with Crippen LogP contribution in [0.4, 0.5) is 8.78 Å². The van der Waals surface area contributed by atoms with Crippen LogP contribution in [0.3, 0.4) is 0 Å². The quantitative estimate of drug-likeness (QED) is 0.794. The summed E-state index contributed by atoms with van der Waals surface area (Å²) in [4.78, 5) is 12.4. The second kappa shape index (κ2) is 5.88. The summed E-state index contributed by atoms with van der Waals surface area (Å²) in [5.41, 5.74) is -0.629. The van der Waals surface area contributed by atoms with E-state index < -0.39 is 37.1 Å². The van der Waals surface area contributed by atoms with Gasteiger partial charge in [0.2, 0.25) is 0 Å². The topological polar surface area (TPSA) is 54.5 Å². The van der Waals surface area contributed by atoms with Crippen molar-refractivity contribution in [1.29, 1.82) is 0 Å². The smallest absolute Gasteiger partial charge is 0.264 e. The molecule has 0 saturated heterocycles. The molecule has 1 aromatic rings. The second-order valence-electron chi connectivity index (χ2n) is 5.19. The molecule has 2 rings (SSSR count). The van der Waals surface area contributed by atoms with Gasteiger partial charge in [-0.2, -0.15) is 0 Å². The van der Waals surface area contributed by atoms with Gasteiger partial charge in [0, 0.05) is 24.3 Å². The first kappa shape index (κ1) is 16.2. The van der Waals surface area contributed by atoms with Crippen LogP contribution < -0.4 is 0 Å². The number of rotatable bonds is 4. The summed E-state index contributed by atoms with van der Waals surface area (Å²) < 4.78 is 50.0. The van der Waals surface area contributed by atoms with Crippen molar-refractivity contribution >= 4 is 25.6 Å². The highest BCUT2D eigenvalue weighted by Gasteiger charge is 2.27. The molecule has 116 valence electrons. The third-order valence-corrected chi connectivity index (χ3v) is 4.92. The van der Waals surface area contributed by atoms with E-state index in [-0.39, 0.29) is 0 Å². The van der Waals surface area contributed by atoms with Crippen molar-refractivity contribution in [2.24, 2.45) is 5.92 Å². The van der Waals surface area contributed by atoms with Crippen LogP contribution in [0.1, 0.15) is 29.6 Å². The normalized spacial score (nSPS) is 15.6. The van der Waals surface area contributed by atoms with E-state index in [1.807, 2.05) is 0 Å². The Balaban J connectivity index is 2.34. The molecule has 0 aromatic heterocycles. The van der Waals surface area contributed by atoms with E-state index in [1.54, 1.807) is 0 Å². The van der Waals surface area contributed by atoms with Crippen molar-refractivity contribution in [2.45, 2.75) is 24.2 Å². The Kier molecular flexibility index (Phi) is 4.53. The molecule has 0 radical (unpaired) electrons. The van der Waals surface area contributed by atoms with E-state index in [0.29, 0.717) is 24.6 Å². The molecule has 21 heavy (non-hydrogen) atoms. The van der Waals surface area contributed by atoms with E-state index in [1.165, 1.54) is 11.9 Å². The van der Waals surface area contributed by atoms with E-state index >= 15 is 0 Å². The Morgan fingerprint density at radius 2 is 2.00 bits per heavy atom. The summed E-state index contributed by atoms with van der Waals surface area (Å²) in [7, 11) is 2.05. The van der Waals surface area contributed by atoms with Gasteiger partial charge < -0.3 is 4.90 Å². The first-order chi connectivity index (χ1) is 9.70. The zero-order valence-corrected chi connectivity index (χ0v) is 12.8. The van der Waals surface area contributed by atoms with Gasteiger partial charge in [-0.15, -0.1) is 0 Å². The first-order valence-corrected chi connectivity index (χ1v) is 8.70. The summed E-state index contributed by atoms with van der Waals surface area (Å²) in [6.07, 6.45) is 3.07. The molecule has 8 heteroatoms. The summed E-state index contributed by atoms with van der Waals surface area (Å²) in [6, 6.07) is 1.14. The van der Waals surface area contributed by atoms with Crippen LogP contribution in [-0.4, -0.2) is 32.8 Å². The van der Waals surface area contributed by atoms with E-state index in [0.717, 1.165) is 19.3 Å². The largest absolute Gasteiger partial charge is 0.341 e. The minimum atomic E-state index is -4.47. The lowest BCUT2D eigenvalue weighted by Gasteiger charge is -2.30. The molecule has 1 aliphatic carbocycles. The van der Waals surface area contributed by atoms with Crippen molar-refractivity contribution in [2.75, 3.05) is 13.6 Å². The molecular weight excluding hydrogens is 324 g/mol. The van der Waals surface area contributed by atoms with Gasteiger partial charge in [-0.25, -0.2) is 17.2 Å². The Hall–Kier alpha value is -1.21. The van der Waals surface area contributed by atoms with Gasteiger partial charge in [0.05, 0.1) is 5.56 Å². The maximum Gasteiger partial charge on any atom is 0.264 e. The lowest BCUT2D eigenvalue weighted by Crippen LogP contribution is -2.35. The standard InChI is InChI=1S/C13H14ClF2NO3S/c1-17(7-8-3-2-4-8)13(18)10-5-9(15)6-11(12(10)16)21(14,19)20/h5-6,8H,2-4,7H2,1H3. The minimum Gasteiger partial charge on any atom is -0.341 e. The molecule has 1 saturated carbocycles. The molecule has 0 spiro atoms. The number of carbonyl (C=O) groups excluding carboxylic acids is 1. The highest BCUT2D eigenvalue weighted by molar-refractivity contribution is 8.13. The van der Waals surface area contributed by atoms with Crippen molar-refractivity contribution in [3.8, 4) is 0 Å². The van der Waals surface area contributed by atoms with Crippen LogP contribution in [0.25, 0.3) is 0 Å². The number of hydrogen-bond acceptors (Lipinski definition) is 3. The lowest BCUT2D eigenvalue weighted by molar-refractivity contribution is 0.0739. The molecule has 0 aliphatic heterocycles. The van der Waals surface area contributed by atoms with Crippen LogP contribution >= 0.6 is 10.7 Å². The molecule has 1 aromatic carbocycles. The van der Waals surface area contributed by atoms with Crippen LogP contribution in [0.5, 0.6) is 0 Å². The lowest BCUT2D eigenvalue weighted by atomic mass is 9.85. The fourth-order valence-corrected chi connectivity index (χ4v) is 3.16. The van der Waals surface area contributed by atoms with E-state index in [2.05, 4.69) is 0 Å². The third kappa shape index (κ3) is 3.52. The van der Waals surface area contributed by atoms with Gasteiger partial charge >= 0.3 is 0 Å². The molecule has 0 atom stereocenters. The average Bonchev–Trinajstić information content (AvgIpc) is 2.33. The fourth-order valence-electron chi connectivity index (χ4n) is 2.25. The minimum absolute atomic E-state index is 0.354. The highest BCUT2D eigenvalue weighted by Crippen LogP contribution is 2.28. The van der Waals surface area contributed by atoms with Gasteiger partial charge in [0.25, 0.3) is 15.0 Å². The maximum absolute atomic E-state index is 14.1. The number of nitrogens with zero attached hydrogens (tertiary/aromatic N) is 1. The Labute approximate surface area is 126 Å². The Morgan fingerprint density at radius 1 is 1.38 bits per heavy atom. The van der Waals surface area contributed by atoms with Crippen LogP contribution in [0, 0.1) is 17.6 Å². The zero-order chi connectivity index (χ0) is 15.8. The van der Waals surface area contributed by atoms with Crippen molar-refractivity contribution in [3.63, 3.8) is 0 Å². The van der Waals surface area contributed by atoms with Crippen molar-refractivity contribution in [1.82, 2.24) is 4.90 Å². The van der Waals surface area contributed by atoms with E-state index in [4.69, 9.17) is 10.7 Å². The molecule has 4 nitrogen and oxygen atoms in total. The molecule has 0 heterocycles. The van der Waals surface area contributed by atoms with Gasteiger partial charge in [0.1, 0.15) is 10.7 Å². The molecule has 0 N–H and O–H groups in total. The Morgan fingerprint density at radius 3 is 2.48 bits per heavy atom. The number of hydrogen-bond donors (Lipinski definition) is 0. The number of halogens is 3. The number of carbonyl (C=O) groups is 1. The van der Waals surface area contributed by atoms with Crippen molar-refractivity contribution < 1.29 is 22.0 Å². The van der Waals surface area contributed by atoms with Gasteiger partial charge in [-0.3, -0.25) is 4.79 Å². The SMILES string of the molecule is CN(CC1CCC1)C(=O)c1cc(F)cc(S(=O)(=O)Cl)c1F. The highest BCUT2D eigenvalue weighted by atomic mass is 35.7. The van der Waals surface area contributed by atoms with Gasteiger partial charge in [-0.05, 0) is 30.9 Å². The molecule has 1 aliphatic rings. The zero-order valence-electron chi connectivity index (χ0n) is 11.3. The molecule has 0 bridgehead atoms. The summed E-state index contributed by atoms with van der Waals surface area (Å²) >= 11 is 0. The first-order valence-electron chi connectivity index (χ1n) is 6.39. The van der Waals surface area contributed by atoms with Crippen molar-refractivity contribution in [3.05, 3.63) is 29.3 Å². The number of benzene rings is 1. The molecule has 1 amide bonds. The Bertz CT molecular complexity index is 674. The van der Waals surface area contributed by atoms with E-state index in [9.17, 15) is 22.0 Å². The third-order valence-electron chi connectivity index (χ3n) is 3.60. The number of amides is 1. The fraction of sp³-hybridized carbons (Fsp3) is 0.462. The molecule has 1 fully saturated rings. The van der Waals surface area contributed by atoms with Gasteiger partial charge in [0.15, 0.2) is 5.82 Å². The maximum atomic E-state index is 14.1. The second-order valence-corrected chi connectivity index (χ2v) is 7.72. The predicted octanol–water partition coefficient (Wildman–Crippen LogP) is 2.76. The predicted molar refractivity (Wildman–Crippen MR) is 73.7 cm³/mol.